The molecular weight excluding hydrogens is 332 g/mol. The topological polar surface area (TPSA) is 118 Å². The summed E-state index contributed by atoms with van der Waals surface area (Å²) in [4.78, 5) is 34.8. The number of carboxylic acid groups (broad SMARTS) is 1. The maximum Gasteiger partial charge on any atom is 0.358 e. The fraction of sp³-hybridized carbons (Fsp3) is 0.133. The molecule has 8 nitrogen and oxygen atoms in total. The zero-order valence-electron chi connectivity index (χ0n) is 12.3. The van der Waals surface area contributed by atoms with Gasteiger partial charge in [-0.25, -0.2) is 14.8 Å². The van der Waals surface area contributed by atoms with Gasteiger partial charge < -0.3 is 14.8 Å². The van der Waals surface area contributed by atoms with Gasteiger partial charge in [0.15, 0.2) is 17.2 Å². The van der Waals surface area contributed by atoms with Crippen LogP contribution in [0.25, 0.3) is 11.3 Å². The number of carboxylic acids is 1. The van der Waals surface area contributed by atoms with Crippen LogP contribution in [0.1, 0.15) is 22.7 Å². The summed E-state index contributed by atoms with van der Waals surface area (Å²) in [5, 5.41) is 13.9. The van der Waals surface area contributed by atoms with Gasteiger partial charge in [-0.1, -0.05) is 0 Å². The van der Waals surface area contributed by atoms with Crippen molar-refractivity contribution in [1.82, 2.24) is 15.0 Å². The number of pyridine rings is 1. The molecular formula is C15H12N4O4S. The third-order valence-electron chi connectivity index (χ3n) is 3.13. The molecule has 9 heteroatoms. The molecule has 3 aromatic heterocycles. The first kappa shape index (κ1) is 15.8. The molecule has 0 aromatic carbocycles. The number of rotatable bonds is 6. The number of nitrogens with zero attached hydrogens (tertiary/aromatic N) is 3. The fourth-order valence-corrected chi connectivity index (χ4v) is 2.75. The highest BCUT2D eigenvalue weighted by atomic mass is 32.1. The Labute approximate surface area is 140 Å². The van der Waals surface area contributed by atoms with Gasteiger partial charge in [0, 0.05) is 36.2 Å². The van der Waals surface area contributed by atoms with Gasteiger partial charge in [-0.2, -0.15) is 0 Å². The quantitative estimate of drug-likeness (QED) is 0.705. The molecule has 122 valence electrons. The van der Waals surface area contributed by atoms with E-state index in [0.717, 1.165) is 17.7 Å². The van der Waals surface area contributed by atoms with Crippen LogP contribution in [0.5, 0.6) is 0 Å². The molecule has 0 aliphatic heterocycles. The summed E-state index contributed by atoms with van der Waals surface area (Å²) in [7, 11) is 0. The van der Waals surface area contributed by atoms with E-state index in [1.165, 1.54) is 11.3 Å². The minimum Gasteiger partial charge on any atom is -0.476 e. The number of aromatic nitrogens is 3. The molecule has 3 rings (SSSR count). The number of nitrogens with one attached hydrogen (secondary N) is 1. The summed E-state index contributed by atoms with van der Waals surface area (Å²) in [5.41, 5.74) is 1.42. The molecule has 0 spiro atoms. The van der Waals surface area contributed by atoms with Crippen molar-refractivity contribution in [3.8, 4) is 11.3 Å². The third-order valence-corrected chi connectivity index (χ3v) is 3.89. The summed E-state index contributed by atoms with van der Waals surface area (Å²) >= 11 is 1.30. The number of amides is 1. The van der Waals surface area contributed by atoms with Crippen molar-refractivity contribution in [1.29, 1.82) is 0 Å². The van der Waals surface area contributed by atoms with Gasteiger partial charge in [-0.05, 0) is 12.1 Å². The van der Waals surface area contributed by atoms with Gasteiger partial charge >= 0.3 is 5.97 Å². The van der Waals surface area contributed by atoms with E-state index in [1.807, 2.05) is 17.5 Å². The summed E-state index contributed by atoms with van der Waals surface area (Å²) in [6.07, 6.45) is 4.63. The highest BCUT2D eigenvalue weighted by Crippen LogP contribution is 2.24. The Morgan fingerprint density at radius 1 is 1.38 bits per heavy atom. The number of aromatic carboxylic acids is 1. The first-order chi connectivity index (χ1) is 11.6. The molecule has 0 atom stereocenters. The van der Waals surface area contributed by atoms with Crippen LogP contribution in [-0.4, -0.2) is 31.9 Å². The van der Waals surface area contributed by atoms with Crippen LogP contribution in [-0.2, 0) is 11.2 Å². The summed E-state index contributed by atoms with van der Waals surface area (Å²) < 4.78 is 5.00. The van der Waals surface area contributed by atoms with E-state index in [-0.39, 0.29) is 30.2 Å². The number of anilines is 1. The number of carbonyl (C=O) groups excluding carboxylic acids is 1. The normalized spacial score (nSPS) is 10.5. The van der Waals surface area contributed by atoms with Gasteiger partial charge in [0.25, 0.3) is 0 Å². The third kappa shape index (κ3) is 3.63. The lowest BCUT2D eigenvalue weighted by molar-refractivity contribution is -0.116. The molecule has 24 heavy (non-hydrogen) atoms. The SMILES string of the molecule is O=C(CCc1ocnc1C(=O)O)Nc1nc(-c2cccnc2)cs1. The van der Waals surface area contributed by atoms with Crippen molar-refractivity contribution in [3.05, 3.63) is 47.8 Å². The lowest BCUT2D eigenvalue weighted by Gasteiger charge is -2.00. The van der Waals surface area contributed by atoms with E-state index in [0.29, 0.717) is 5.13 Å². The van der Waals surface area contributed by atoms with Gasteiger partial charge in [0.1, 0.15) is 5.76 Å². The van der Waals surface area contributed by atoms with Gasteiger partial charge in [-0.15, -0.1) is 11.3 Å². The molecule has 0 fully saturated rings. The molecule has 0 aliphatic rings. The van der Waals surface area contributed by atoms with Crippen LogP contribution in [0.4, 0.5) is 5.13 Å². The Bertz CT molecular complexity index is 859. The Hall–Kier alpha value is -3.07. The Balaban J connectivity index is 1.58. The molecule has 3 aromatic rings. The van der Waals surface area contributed by atoms with Crippen molar-refractivity contribution < 1.29 is 19.1 Å². The molecule has 0 radical (unpaired) electrons. The first-order valence-corrected chi connectivity index (χ1v) is 7.83. The maximum absolute atomic E-state index is 12.0. The highest BCUT2D eigenvalue weighted by molar-refractivity contribution is 7.14. The molecule has 1 amide bonds. The van der Waals surface area contributed by atoms with E-state index in [1.54, 1.807) is 12.4 Å². The average molecular weight is 344 g/mol. The number of oxazole rings is 1. The summed E-state index contributed by atoms with van der Waals surface area (Å²) in [6, 6.07) is 3.69. The molecule has 0 unspecified atom stereocenters. The predicted molar refractivity (Wildman–Crippen MR) is 85.8 cm³/mol. The smallest absolute Gasteiger partial charge is 0.358 e. The second-order valence-electron chi connectivity index (χ2n) is 4.76. The fourth-order valence-electron chi connectivity index (χ4n) is 2.01. The van der Waals surface area contributed by atoms with Crippen molar-refractivity contribution >= 4 is 28.3 Å². The molecule has 3 heterocycles. The highest BCUT2D eigenvalue weighted by Gasteiger charge is 2.17. The van der Waals surface area contributed by atoms with E-state index >= 15 is 0 Å². The molecule has 2 N–H and O–H groups in total. The number of thiazole rings is 1. The van der Waals surface area contributed by atoms with Crippen LogP contribution in [0, 0.1) is 0 Å². The molecule has 0 bridgehead atoms. The van der Waals surface area contributed by atoms with Crippen LogP contribution < -0.4 is 5.32 Å². The summed E-state index contributed by atoms with van der Waals surface area (Å²) in [6.45, 7) is 0. The van der Waals surface area contributed by atoms with Crippen LogP contribution in [0.15, 0.2) is 40.7 Å². The Morgan fingerprint density at radius 3 is 3.00 bits per heavy atom. The van der Waals surface area contributed by atoms with Crippen molar-refractivity contribution in [2.75, 3.05) is 5.32 Å². The van der Waals surface area contributed by atoms with Crippen molar-refractivity contribution in [2.24, 2.45) is 0 Å². The minimum absolute atomic E-state index is 0.0667. The number of aryl methyl sites for hydroxylation is 1. The van der Waals surface area contributed by atoms with Crippen LogP contribution in [0.3, 0.4) is 0 Å². The second kappa shape index (κ2) is 7.01. The largest absolute Gasteiger partial charge is 0.476 e. The van der Waals surface area contributed by atoms with Crippen molar-refractivity contribution in [2.45, 2.75) is 12.8 Å². The van der Waals surface area contributed by atoms with Gasteiger partial charge in [0.2, 0.25) is 5.91 Å². The maximum atomic E-state index is 12.0. The summed E-state index contributed by atoms with van der Waals surface area (Å²) in [5.74, 6) is -1.29. The zero-order valence-corrected chi connectivity index (χ0v) is 13.1. The van der Waals surface area contributed by atoms with E-state index < -0.39 is 5.97 Å². The zero-order chi connectivity index (χ0) is 16.9. The molecule has 0 aliphatic carbocycles. The number of hydrogen-bond donors (Lipinski definition) is 2. The van der Waals surface area contributed by atoms with Gasteiger partial charge in [-0.3, -0.25) is 9.78 Å². The monoisotopic (exact) mass is 344 g/mol. The van der Waals surface area contributed by atoms with Crippen molar-refractivity contribution in [3.63, 3.8) is 0 Å². The molecule has 0 saturated carbocycles. The lowest BCUT2D eigenvalue weighted by atomic mass is 10.2. The first-order valence-electron chi connectivity index (χ1n) is 6.95. The minimum atomic E-state index is -1.18. The van der Waals surface area contributed by atoms with E-state index in [9.17, 15) is 9.59 Å². The van der Waals surface area contributed by atoms with Gasteiger partial charge in [0.05, 0.1) is 5.69 Å². The Kier molecular flexibility index (Phi) is 4.62. The Morgan fingerprint density at radius 2 is 2.25 bits per heavy atom. The van der Waals surface area contributed by atoms with Crippen LogP contribution in [0.2, 0.25) is 0 Å². The van der Waals surface area contributed by atoms with E-state index in [4.69, 9.17) is 9.52 Å². The predicted octanol–water partition coefficient (Wildman–Crippen LogP) is 2.46. The molecule has 0 saturated heterocycles. The number of hydrogen-bond acceptors (Lipinski definition) is 7. The lowest BCUT2D eigenvalue weighted by Crippen LogP contribution is -2.13. The standard InChI is InChI=1S/C15H12N4O4S/c20-12(4-3-11-13(14(21)22)17-8-23-11)19-15-18-10(7-24-15)9-2-1-5-16-6-9/h1-2,5-8H,3-4H2,(H,21,22)(H,18,19,20). The van der Waals surface area contributed by atoms with Crippen LogP contribution >= 0.6 is 11.3 Å². The van der Waals surface area contributed by atoms with E-state index in [2.05, 4.69) is 20.3 Å². The number of carbonyl (C=O) groups is 2. The average Bonchev–Trinajstić information content (AvgIpc) is 3.23. The second-order valence-corrected chi connectivity index (χ2v) is 5.62.